The molecular weight excluding hydrogens is 717 g/mol. The zero-order valence-electron chi connectivity index (χ0n) is 29.0. The highest BCUT2D eigenvalue weighted by Crippen LogP contribution is 2.38. The number of methoxy groups -OCH3 is 4. The average Bonchev–Trinajstić information content (AvgIpc) is 3.14. The monoisotopic (exact) mass is 757 g/mol. The van der Waals surface area contributed by atoms with Crippen LogP contribution in [0, 0.1) is 0 Å². The van der Waals surface area contributed by atoms with Crippen LogP contribution in [0.15, 0.2) is 89.8 Å². The smallest absolute Gasteiger partial charge is 0.265 e. The number of nitrogens with zero attached hydrogens (tertiary/aromatic N) is 2. The van der Waals surface area contributed by atoms with E-state index in [1.165, 1.54) is 63.7 Å². The van der Waals surface area contributed by atoms with Gasteiger partial charge in [-0.1, -0.05) is 66.5 Å². The van der Waals surface area contributed by atoms with Crippen LogP contribution in [0.2, 0.25) is 10.0 Å². The van der Waals surface area contributed by atoms with E-state index in [2.05, 4.69) is 5.32 Å². The number of anilines is 1. The minimum atomic E-state index is -4.53. The molecule has 1 atom stereocenters. The van der Waals surface area contributed by atoms with Gasteiger partial charge in [-0.2, -0.15) is 0 Å². The van der Waals surface area contributed by atoms with Gasteiger partial charge in [-0.15, -0.1) is 0 Å². The Bertz CT molecular complexity index is 1930. The second kappa shape index (κ2) is 18.0. The van der Waals surface area contributed by atoms with Crippen LogP contribution >= 0.6 is 23.2 Å². The van der Waals surface area contributed by atoms with E-state index in [4.69, 9.17) is 42.1 Å². The molecule has 2 amide bonds. The third kappa shape index (κ3) is 9.57. The summed E-state index contributed by atoms with van der Waals surface area (Å²) in [5.41, 5.74) is 1.32. The Labute approximate surface area is 309 Å². The molecule has 51 heavy (non-hydrogen) atoms. The Hall–Kier alpha value is -4.65. The summed E-state index contributed by atoms with van der Waals surface area (Å²) in [5, 5.41) is 3.58. The fourth-order valence-electron chi connectivity index (χ4n) is 5.36. The second-order valence-electron chi connectivity index (χ2n) is 11.3. The molecule has 0 bridgehead atoms. The highest BCUT2D eigenvalue weighted by Gasteiger charge is 2.36. The fourth-order valence-corrected chi connectivity index (χ4v) is 7.26. The van der Waals surface area contributed by atoms with Crippen molar-refractivity contribution in [3.8, 4) is 23.0 Å². The lowest BCUT2D eigenvalue weighted by Gasteiger charge is -2.34. The number of rotatable bonds is 17. The molecule has 0 aliphatic heterocycles. The van der Waals surface area contributed by atoms with Gasteiger partial charge in [-0.3, -0.25) is 13.9 Å². The number of carbonyl (C=O) groups is 2. The minimum absolute atomic E-state index is 0.0273. The first-order valence-electron chi connectivity index (χ1n) is 16.0. The molecule has 1 unspecified atom stereocenters. The molecule has 0 saturated heterocycles. The van der Waals surface area contributed by atoms with Crippen molar-refractivity contribution in [3.63, 3.8) is 0 Å². The Kier molecular flexibility index (Phi) is 13.8. The van der Waals surface area contributed by atoms with Crippen molar-refractivity contribution < 1.29 is 37.0 Å². The number of halogens is 2. The minimum Gasteiger partial charge on any atom is -0.497 e. The highest BCUT2D eigenvalue weighted by molar-refractivity contribution is 7.92. The second-order valence-corrected chi connectivity index (χ2v) is 14.0. The quantitative estimate of drug-likeness (QED) is 0.132. The summed E-state index contributed by atoms with van der Waals surface area (Å²) in [4.78, 5) is 29.9. The maximum absolute atomic E-state index is 14.8. The molecule has 0 aromatic heterocycles. The van der Waals surface area contributed by atoms with Gasteiger partial charge in [0.05, 0.1) is 39.0 Å². The van der Waals surface area contributed by atoms with Crippen LogP contribution in [0.4, 0.5) is 5.69 Å². The number of sulfonamides is 1. The molecular formula is C37H41Cl2N3O8S. The van der Waals surface area contributed by atoms with E-state index < -0.39 is 34.4 Å². The topological polar surface area (TPSA) is 124 Å². The number of hydrogen-bond donors (Lipinski definition) is 1. The van der Waals surface area contributed by atoms with Crippen molar-refractivity contribution in [2.75, 3.05) is 45.8 Å². The highest BCUT2D eigenvalue weighted by atomic mass is 35.5. The Balaban J connectivity index is 1.91. The number of amides is 2. The molecule has 11 nitrogen and oxygen atoms in total. The molecule has 0 saturated carbocycles. The lowest BCUT2D eigenvalue weighted by atomic mass is 10.0. The van der Waals surface area contributed by atoms with E-state index in [9.17, 15) is 18.0 Å². The van der Waals surface area contributed by atoms with Gasteiger partial charge >= 0.3 is 0 Å². The van der Waals surface area contributed by atoms with E-state index >= 15 is 0 Å². The van der Waals surface area contributed by atoms with E-state index in [1.807, 2.05) is 37.3 Å². The molecule has 0 aliphatic carbocycles. The van der Waals surface area contributed by atoms with Gasteiger partial charge in [0.25, 0.3) is 10.0 Å². The van der Waals surface area contributed by atoms with Crippen LogP contribution in [0.3, 0.4) is 0 Å². The third-order valence-corrected chi connectivity index (χ3v) is 10.4. The van der Waals surface area contributed by atoms with Gasteiger partial charge in [-0.05, 0) is 53.9 Å². The van der Waals surface area contributed by atoms with Crippen molar-refractivity contribution in [3.05, 3.63) is 106 Å². The van der Waals surface area contributed by atoms with Crippen LogP contribution in [0.1, 0.15) is 24.5 Å². The summed E-state index contributed by atoms with van der Waals surface area (Å²) in [6, 6.07) is 21.7. The molecule has 0 spiro atoms. The first-order valence-corrected chi connectivity index (χ1v) is 18.2. The zero-order chi connectivity index (χ0) is 37.1. The first kappa shape index (κ1) is 39.1. The lowest BCUT2D eigenvalue weighted by molar-refractivity contribution is -0.140. The van der Waals surface area contributed by atoms with Crippen molar-refractivity contribution in [2.45, 2.75) is 37.2 Å². The maximum atomic E-state index is 14.8. The lowest BCUT2D eigenvalue weighted by Crippen LogP contribution is -2.53. The Morgan fingerprint density at radius 2 is 1.49 bits per heavy atom. The summed E-state index contributed by atoms with van der Waals surface area (Å²) < 4.78 is 52.0. The van der Waals surface area contributed by atoms with Crippen LogP contribution in [0.25, 0.3) is 0 Å². The normalized spacial score (nSPS) is 11.7. The summed E-state index contributed by atoms with van der Waals surface area (Å²) in [6.45, 7) is 1.42. The summed E-state index contributed by atoms with van der Waals surface area (Å²) in [6.07, 6.45) is 0.798. The standard InChI is InChI=1S/C37H41Cl2N3O8S/c1-6-18-40-37(44)32(19-25-10-8-7-9-11-25)41(23-26-12-13-27(38)20-30(26)39)36(43)24-42(31-21-28(47-2)14-16-33(31)48-3)51(45,46)29-15-17-34(49-4)35(22-29)50-5/h7-17,20-22,32H,6,18-19,23-24H2,1-5H3,(H,40,44). The van der Waals surface area contributed by atoms with Gasteiger partial charge in [0.15, 0.2) is 11.5 Å². The van der Waals surface area contributed by atoms with E-state index in [0.717, 1.165) is 9.87 Å². The van der Waals surface area contributed by atoms with Crippen LogP contribution in [-0.2, 0) is 32.6 Å². The first-order chi connectivity index (χ1) is 24.5. The van der Waals surface area contributed by atoms with E-state index in [-0.39, 0.29) is 40.1 Å². The van der Waals surface area contributed by atoms with E-state index in [0.29, 0.717) is 35.1 Å². The SMILES string of the molecule is CCCNC(=O)C(Cc1ccccc1)N(Cc1ccc(Cl)cc1Cl)C(=O)CN(c1cc(OC)ccc1OC)S(=O)(=O)c1ccc(OC)c(OC)c1. The van der Waals surface area contributed by atoms with Crippen molar-refractivity contribution in [1.29, 1.82) is 0 Å². The largest absolute Gasteiger partial charge is 0.497 e. The molecule has 14 heteroatoms. The van der Waals surface area contributed by atoms with Crippen molar-refractivity contribution in [1.82, 2.24) is 10.2 Å². The molecule has 0 aliphatic rings. The van der Waals surface area contributed by atoms with Crippen molar-refractivity contribution >= 4 is 50.7 Å². The zero-order valence-corrected chi connectivity index (χ0v) is 31.3. The Morgan fingerprint density at radius 3 is 2.12 bits per heavy atom. The molecule has 4 aromatic carbocycles. The van der Waals surface area contributed by atoms with Gasteiger partial charge in [0, 0.05) is 41.7 Å². The van der Waals surface area contributed by atoms with E-state index in [1.54, 1.807) is 24.3 Å². The number of hydrogen-bond acceptors (Lipinski definition) is 8. The average molecular weight is 759 g/mol. The van der Waals surface area contributed by atoms with Crippen LogP contribution in [-0.4, -0.2) is 72.7 Å². The molecule has 1 N–H and O–H groups in total. The van der Waals surface area contributed by atoms with Gasteiger partial charge in [0.2, 0.25) is 11.8 Å². The maximum Gasteiger partial charge on any atom is 0.265 e. The number of nitrogens with one attached hydrogen (secondary N) is 1. The molecule has 272 valence electrons. The van der Waals surface area contributed by atoms with Gasteiger partial charge in [-0.25, -0.2) is 8.42 Å². The summed E-state index contributed by atoms with van der Waals surface area (Å²) in [7, 11) is 1.11. The predicted octanol–water partition coefficient (Wildman–Crippen LogP) is 6.39. The third-order valence-electron chi connectivity index (χ3n) is 8.05. The number of benzene rings is 4. The van der Waals surface area contributed by atoms with Crippen LogP contribution < -0.4 is 28.6 Å². The van der Waals surface area contributed by atoms with Gasteiger partial charge < -0.3 is 29.2 Å². The van der Waals surface area contributed by atoms with Crippen LogP contribution in [0.5, 0.6) is 23.0 Å². The molecule has 0 heterocycles. The summed E-state index contributed by atoms with van der Waals surface area (Å²) >= 11 is 12.8. The predicted molar refractivity (Wildman–Crippen MR) is 198 cm³/mol. The van der Waals surface area contributed by atoms with Gasteiger partial charge in [0.1, 0.15) is 24.1 Å². The molecule has 4 rings (SSSR count). The molecule has 4 aromatic rings. The molecule has 0 radical (unpaired) electrons. The number of ether oxygens (including phenoxy) is 4. The fraction of sp³-hybridized carbons (Fsp3) is 0.297. The van der Waals surface area contributed by atoms with Crippen molar-refractivity contribution in [2.24, 2.45) is 0 Å². The molecule has 0 fully saturated rings. The summed E-state index contributed by atoms with van der Waals surface area (Å²) in [5.74, 6) is -0.157. The number of carbonyl (C=O) groups excluding carboxylic acids is 2. The Morgan fingerprint density at radius 1 is 0.804 bits per heavy atom.